The van der Waals surface area contributed by atoms with Gasteiger partial charge in [-0.1, -0.05) is 48.5 Å². The highest BCUT2D eigenvalue weighted by Gasteiger charge is 2.29. The second-order valence-corrected chi connectivity index (χ2v) is 7.84. The third kappa shape index (κ3) is 3.90. The van der Waals surface area contributed by atoms with Crippen LogP contribution >= 0.6 is 0 Å². The fourth-order valence-corrected chi connectivity index (χ4v) is 4.40. The standard InChI is InChI=1S/C24H25BN2O4/c1-14-16(11-22(26)15(2)23(14)25(29)30)12-27-24(28)31-13-21-19-9-5-3-7-17(19)18-8-4-6-10-20(18)21/h3-11,21,29-30H,12-13,26H2,1-2H3,(H,27,28). The van der Waals surface area contributed by atoms with Crippen molar-refractivity contribution in [1.82, 2.24) is 5.32 Å². The van der Waals surface area contributed by atoms with Gasteiger partial charge in [0.25, 0.3) is 0 Å². The predicted molar refractivity (Wildman–Crippen MR) is 122 cm³/mol. The molecule has 1 amide bonds. The molecule has 1 aliphatic carbocycles. The maximum atomic E-state index is 12.4. The number of nitrogens with two attached hydrogens (primary N) is 1. The van der Waals surface area contributed by atoms with Gasteiger partial charge in [-0.15, -0.1) is 0 Å². The van der Waals surface area contributed by atoms with Crippen LogP contribution in [0.25, 0.3) is 11.1 Å². The van der Waals surface area contributed by atoms with Gasteiger partial charge in [0.05, 0.1) is 0 Å². The van der Waals surface area contributed by atoms with Crippen LogP contribution in [0.5, 0.6) is 0 Å². The molecule has 0 radical (unpaired) electrons. The lowest BCUT2D eigenvalue weighted by atomic mass is 9.72. The minimum Gasteiger partial charge on any atom is -0.449 e. The van der Waals surface area contributed by atoms with Gasteiger partial charge in [-0.2, -0.15) is 0 Å². The smallest absolute Gasteiger partial charge is 0.449 e. The Hall–Kier alpha value is -3.29. The van der Waals surface area contributed by atoms with Gasteiger partial charge in [-0.05, 0) is 64.3 Å². The van der Waals surface area contributed by atoms with E-state index in [0.717, 1.165) is 11.1 Å². The van der Waals surface area contributed by atoms with E-state index in [2.05, 4.69) is 29.6 Å². The summed E-state index contributed by atoms with van der Waals surface area (Å²) in [5.74, 6) is -0.00829. The van der Waals surface area contributed by atoms with E-state index in [1.807, 2.05) is 24.3 Å². The predicted octanol–water partition coefficient (Wildman–Crippen LogP) is 2.60. The molecule has 0 aliphatic heterocycles. The van der Waals surface area contributed by atoms with Crippen LogP contribution in [-0.4, -0.2) is 29.9 Å². The number of rotatable bonds is 5. The molecule has 0 atom stereocenters. The minimum atomic E-state index is -1.63. The molecule has 0 saturated carbocycles. The molecule has 5 N–H and O–H groups in total. The fourth-order valence-electron chi connectivity index (χ4n) is 4.40. The van der Waals surface area contributed by atoms with E-state index < -0.39 is 13.2 Å². The molecule has 4 rings (SSSR count). The summed E-state index contributed by atoms with van der Waals surface area (Å²) in [5.41, 5.74) is 13.5. The zero-order chi connectivity index (χ0) is 22.1. The largest absolute Gasteiger partial charge is 0.489 e. The molecule has 0 fully saturated rings. The Morgan fingerprint density at radius 3 is 2.19 bits per heavy atom. The number of amides is 1. The Kier molecular flexibility index (Phi) is 5.72. The van der Waals surface area contributed by atoms with Crippen LogP contribution in [0, 0.1) is 13.8 Å². The summed E-state index contributed by atoms with van der Waals surface area (Å²) in [7, 11) is -1.63. The van der Waals surface area contributed by atoms with Crippen molar-refractivity contribution < 1.29 is 19.6 Å². The first-order valence-electron chi connectivity index (χ1n) is 10.2. The first kappa shape index (κ1) is 21.0. The van der Waals surface area contributed by atoms with Crippen LogP contribution in [0.15, 0.2) is 54.6 Å². The van der Waals surface area contributed by atoms with Crippen molar-refractivity contribution >= 4 is 24.4 Å². The summed E-state index contributed by atoms with van der Waals surface area (Å²) >= 11 is 0. The molecule has 0 saturated heterocycles. The second-order valence-electron chi connectivity index (χ2n) is 7.84. The van der Waals surface area contributed by atoms with Crippen molar-refractivity contribution in [2.45, 2.75) is 26.3 Å². The SMILES string of the molecule is Cc1c(N)cc(CNC(=O)OCC2c3ccccc3-c3ccccc32)c(C)c1B(O)O. The minimum absolute atomic E-state index is 0.00829. The number of carbonyl (C=O) groups is 1. The maximum Gasteiger partial charge on any atom is 0.489 e. The lowest BCUT2D eigenvalue weighted by Gasteiger charge is -2.17. The van der Waals surface area contributed by atoms with Gasteiger partial charge in [0.15, 0.2) is 0 Å². The van der Waals surface area contributed by atoms with E-state index in [1.54, 1.807) is 19.9 Å². The van der Waals surface area contributed by atoms with Crippen LogP contribution < -0.4 is 16.5 Å². The summed E-state index contributed by atoms with van der Waals surface area (Å²) in [5, 5.41) is 22.1. The molecule has 7 heteroatoms. The molecule has 0 unspecified atom stereocenters. The van der Waals surface area contributed by atoms with Gasteiger partial charge in [0.1, 0.15) is 6.61 Å². The van der Waals surface area contributed by atoms with Crippen molar-refractivity contribution in [3.8, 4) is 11.1 Å². The topological polar surface area (TPSA) is 105 Å². The first-order valence-corrected chi connectivity index (χ1v) is 10.2. The fraction of sp³-hybridized carbons (Fsp3) is 0.208. The van der Waals surface area contributed by atoms with Gasteiger partial charge in [-0.3, -0.25) is 0 Å². The van der Waals surface area contributed by atoms with E-state index >= 15 is 0 Å². The Morgan fingerprint density at radius 2 is 1.61 bits per heavy atom. The quantitative estimate of drug-likeness (QED) is 0.378. The zero-order valence-electron chi connectivity index (χ0n) is 17.6. The van der Waals surface area contributed by atoms with Gasteiger partial charge < -0.3 is 25.8 Å². The summed E-state index contributed by atoms with van der Waals surface area (Å²) in [6.45, 7) is 3.91. The van der Waals surface area contributed by atoms with Crippen molar-refractivity contribution in [3.63, 3.8) is 0 Å². The van der Waals surface area contributed by atoms with Gasteiger partial charge >= 0.3 is 13.2 Å². The molecule has 6 nitrogen and oxygen atoms in total. The number of ether oxygens (including phenoxy) is 1. The van der Waals surface area contributed by atoms with Gasteiger partial charge in [0.2, 0.25) is 0 Å². The van der Waals surface area contributed by atoms with E-state index in [1.165, 1.54) is 11.1 Å². The van der Waals surface area contributed by atoms with Crippen molar-refractivity contribution in [3.05, 3.63) is 82.4 Å². The number of carbonyl (C=O) groups excluding carboxylic acids is 1. The summed E-state index contributed by atoms with van der Waals surface area (Å²) in [6, 6.07) is 18.1. The maximum absolute atomic E-state index is 12.4. The Balaban J connectivity index is 1.45. The summed E-state index contributed by atoms with van der Waals surface area (Å²) in [6.07, 6.45) is -0.536. The van der Waals surface area contributed by atoms with Crippen LogP contribution in [0.4, 0.5) is 10.5 Å². The summed E-state index contributed by atoms with van der Waals surface area (Å²) in [4.78, 5) is 12.4. The molecule has 0 spiro atoms. The van der Waals surface area contributed by atoms with Crippen molar-refractivity contribution in [2.75, 3.05) is 12.3 Å². The van der Waals surface area contributed by atoms with E-state index in [-0.39, 0.29) is 19.1 Å². The Labute approximate surface area is 181 Å². The van der Waals surface area contributed by atoms with E-state index in [4.69, 9.17) is 10.5 Å². The lowest BCUT2D eigenvalue weighted by molar-refractivity contribution is 0.142. The summed E-state index contributed by atoms with van der Waals surface area (Å²) < 4.78 is 5.55. The number of hydrogen-bond acceptors (Lipinski definition) is 5. The van der Waals surface area contributed by atoms with Gasteiger partial charge in [0, 0.05) is 18.2 Å². The normalized spacial score (nSPS) is 12.3. The average Bonchev–Trinajstić information content (AvgIpc) is 3.07. The number of alkyl carbamates (subject to hydrolysis) is 1. The van der Waals surface area contributed by atoms with Crippen molar-refractivity contribution in [2.24, 2.45) is 0 Å². The number of nitrogens with one attached hydrogen (secondary N) is 1. The zero-order valence-corrected chi connectivity index (χ0v) is 17.6. The molecule has 158 valence electrons. The van der Waals surface area contributed by atoms with E-state index in [9.17, 15) is 14.8 Å². The Bertz CT molecular complexity index is 1100. The molecule has 0 aromatic heterocycles. The molecular formula is C24H25BN2O4. The highest BCUT2D eigenvalue weighted by Crippen LogP contribution is 2.44. The number of fused-ring (bicyclic) bond motifs is 3. The van der Waals surface area contributed by atoms with E-state index in [0.29, 0.717) is 27.8 Å². The molecule has 0 heterocycles. The lowest BCUT2D eigenvalue weighted by Crippen LogP contribution is -2.36. The van der Waals surface area contributed by atoms with Gasteiger partial charge in [-0.25, -0.2) is 4.79 Å². The number of benzene rings is 3. The first-order chi connectivity index (χ1) is 14.9. The number of anilines is 1. The third-order valence-corrected chi connectivity index (χ3v) is 6.08. The van der Waals surface area contributed by atoms with Crippen LogP contribution in [0.3, 0.4) is 0 Å². The van der Waals surface area contributed by atoms with Crippen molar-refractivity contribution in [1.29, 1.82) is 0 Å². The highest BCUT2D eigenvalue weighted by atomic mass is 16.5. The monoisotopic (exact) mass is 416 g/mol. The Morgan fingerprint density at radius 1 is 1.03 bits per heavy atom. The number of nitrogen functional groups attached to an aromatic ring is 1. The van der Waals surface area contributed by atoms with Crippen LogP contribution in [0.2, 0.25) is 0 Å². The molecule has 1 aliphatic rings. The number of hydrogen-bond donors (Lipinski definition) is 4. The molecule has 3 aromatic carbocycles. The van der Waals surface area contributed by atoms with Crippen LogP contribution in [0.1, 0.15) is 33.7 Å². The average molecular weight is 416 g/mol. The van der Waals surface area contributed by atoms with Crippen LogP contribution in [-0.2, 0) is 11.3 Å². The third-order valence-electron chi connectivity index (χ3n) is 6.08. The second kappa shape index (κ2) is 8.45. The molecular weight excluding hydrogens is 391 g/mol. The molecule has 0 bridgehead atoms. The molecule has 31 heavy (non-hydrogen) atoms. The highest BCUT2D eigenvalue weighted by molar-refractivity contribution is 6.60. The molecule has 3 aromatic rings.